The summed E-state index contributed by atoms with van der Waals surface area (Å²) in [7, 11) is 0. The van der Waals surface area contributed by atoms with Crippen molar-refractivity contribution in [2.45, 2.75) is 51.8 Å². The smallest absolute Gasteiger partial charge is 0.249 e. The Labute approximate surface area is 91.8 Å². The highest BCUT2D eigenvalue weighted by molar-refractivity contribution is 5.80. The van der Waals surface area contributed by atoms with Crippen LogP contribution in [0.3, 0.4) is 0 Å². The number of hydrogen-bond acceptors (Lipinski definition) is 3. The molecule has 1 amide bonds. The molecule has 0 saturated heterocycles. The van der Waals surface area contributed by atoms with Crippen LogP contribution in [0.4, 0.5) is 0 Å². The van der Waals surface area contributed by atoms with E-state index in [0.29, 0.717) is 18.7 Å². The molecule has 1 saturated carbocycles. The Balaban J connectivity index is 2.01. The number of carbonyl (C=O) groups excluding carboxylic acids is 1. The topological polar surface area (TPSA) is 50.4 Å². The molecule has 4 nitrogen and oxygen atoms in total. The van der Waals surface area contributed by atoms with E-state index in [9.17, 15) is 4.79 Å². The Bertz CT molecular complexity index is 203. The van der Waals surface area contributed by atoms with Gasteiger partial charge in [0.25, 0.3) is 0 Å². The molecule has 0 aromatic heterocycles. The van der Waals surface area contributed by atoms with Gasteiger partial charge in [-0.2, -0.15) is 0 Å². The second-order valence-electron chi connectivity index (χ2n) is 4.40. The second-order valence-corrected chi connectivity index (χ2v) is 4.40. The third kappa shape index (κ3) is 5.74. The fourth-order valence-corrected chi connectivity index (χ4v) is 1.21. The standard InChI is InChI=1S/C11H22N2O2/c1-8(2)12-6-7-15-9(3)11(14)13-10-4-5-10/h8-10,12H,4-7H2,1-3H3,(H,13,14). The molecule has 1 fully saturated rings. The van der Waals surface area contributed by atoms with Crippen molar-refractivity contribution >= 4 is 5.91 Å². The first-order chi connectivity index (χ1) is 7.09. The molecule has 0 radical (unpaired) electrons. The summed E-state index contributed by atoms with van der Waals surface area (Å²) >= 11 is 0. The molecule has 0 aliphatic heterocycles. The first-order valence-electron chi connectivity index (χ1n) is 5.75. The van der Waals surface area contributed by atoms with Crippen LogP contribution in [0.25, 0.3) is 0 Å². The fraction of sp³-hybridized carbons (Fsp3) is 0.909. The number of amides is 1. The third-order valence-corrected chi connectivity index (χ3v) is 2.32. The molecule has 1 unspecified atom stereocenters. The van der Waals surface area contributed by atoms with Gasteiger partial charge >= 0.3 is 0 Å². The average molecular weight is 214 g/mol. The van der Waals surface area contributed by atoms with Crippen molar-refractivity contribution in [3.05, 3.63) is 0 Å². The Morgan fingerprint density at radius 3 is 2.60 bits per heavy atom. The summed E-state index contributed by atoms with van der Waals surface area (Å²) in [4.78, 5) is 11.5. The number of carbonyl (C=O) groups is 1. The summed E-state index contributed by atoms with van der Waals surface area (Å²) in [5.41, 5.74) is 0. The molecule has 4 heteroatoms. The van der Waals surface area contributed by atoms with E-state index >= 15 is 0 Å². The molecule has 1 rings (SSSR count). The molecule has 0 aromatic carbocycles. The number of nitrogens with one attached hydrogen (secondary N) is 2. The van der Waals surface area contributed by atoms with Crippen molar-refractivity contribution < 1.29 is 9.53 Å². The summed E-state index contributed by atoms with van der Waals surface area (Å²) < 4.78 is 5.41. The van der Waals surface area contributed by atoms with Crippen LogP contribution in [0.15, 0.2) is 0 Å². The van der Waals surface area contributed by atoms with Gasteiger partial charge in [-0.1, -0.05) is 13.8 Å². The minimum atomic E-state index is -0.334. The van der Waals surface area contributed by atoms with Gasteiger partial charge in [-0.05, 0) is 19.8 Å². The quantitative estimate of drug-likeness (QED) is 0.612. The van der Waals surface area contributed by atoms with Gasteiger partial charge in [0.1, 0.15) is 6.10 Å². The van der Waals surface area contributed by atoms with Crippen molar-refractivity contribution in [3.8, 4) is 0 Å². The highest BCUT2D eigenvalue weighted by Gasteiger charge is 2.25. The Hall–Kier alpha value is -0.610. The Morgan fingerprint density at radius 2 is 2.07 bits per heavy atom. The van der Waals surface area contributed by atoms with E-state index in [1.54, 1.807) is 6.92 Å². The number of ether oxygens (including phenoxy) is 1. The summed E-state index contributed by atoms with van der Waals surface area (Å²) in [6.45, 7) is 7.34. The molecular formula is C11H22N2O2. The van der Waals surface area contributed by atoms with Crippen LogP contribution in [-0.4, -0.2) is 37.2 Å². The summed E-state index contributed by atoms with van der Waals surface area (Å²) in [5.74, 6) is 0.0158. The van der Waals surface area contributed by atoms with E-state index in [1.165, 1.54) is 0 Å². The van der Waals surface area contributed by atoms with Crippen molar-refractivity contribution in [1.29, 1.82) is 0 Å². The van der Waals surface area contributed by atoms with Gasteiger partial charge < -0.3 is 15.4 Å². The first kappa shape index (κ1) is 12.5. The van der Waals surface area contributed by atoms with E-state index < -0.39 is 0 Å². The van der Waals surface area contributed by atoms with Crippen LogP contribution < -0.4 is 10.6 Å². The highest BCUT2D eigenvalue weighted by atomic mass is 16.5. The zero-order valence-electron chi connectivity index (χ0n) is 9.88. The SMILES string of the molecule is CC(C)NCCOC(C)C(=O)NC1CC1. The minimum Gasteiger partial charge on any atom is -0.367 e. The van der Waals surface area contributed by atoms with Crippen LogP contribution in [0, 0.1) is 0 Å². The van der Waals surface area contributed by atoms with Crippen LogP contribution in [0.2, 0.25) is 0 Å². The average Bonchev–Trinajstić information content (AvgIpc) is 2.95. The molecule has 88 valence electrons. The predicted octanol–water partition coefficient (Wildman–Crippen LogP) is 0.668. The molecule has 0 bridgehead atoms. The molecule has 1 atom stereocenters. The molecule has 0 heterocycles. The monoisotopic (exact) mass is 214 g/mol. The summed E-state index contributed by atoms with van der Waals surface area (Å²) in [5, 5.41) is 6.16. The van der Waals surface area contributed by atoms with Gasteiger partial charge in [-0.25, -0.2) is 0 Å². The maximum absolute atomic E-state index is 11.5. The van der Waals surface area contributed by atoms with Crippen molar-refractivity contribution in [3.63, 3.8) is 0 Å². The fourth-order valence-electron chi connectivity index (χ4n) is 1.21. The van der Waals surface area contributed by atoms with E-state index in [4.69, 9.17) is 4.74 Å². The maximum Gasteiger partial charge on any atom is 0.249 e. The van der Waals surface area contributed by atoms with Gasteiger partial charge in [-0.3, -0.25) is 4.79 Å². The lowest BCUT2D eigenvalue weighted by atomic mass is 10.3. The van der Waals surface area contributed by atoms with Crippen LogP contribution >= 0.6 is 0 Å². The van der Waals surface area contributed by atoms with Gasteiger partial charge in [0.15, 0.2) is 0 Å². The van der Waals surface area contributed by atoms with Crippen LogP contribution in [-0.2, 0) is 9.53 Å². The molecule has 2 N–H and O–H groups in total. The third-order valence-electron chi connectivity index (χ3n) is 2.32. The highest BCUT2D eigenvalue weighted by Crippen LogP contribution is 2.18. The van der Waals surface area contributed by atoms with Gasteiger partial charge in [0, 0.05) is 18.6 Å². The predicted molar refractivity (Wildman–Crippen MR) is 59.7 cm³/mol. The lowest BCUT2D eigenvalue weighted by molar-refractivity contribution is -0.131. The molecule has 15 heavy (non-hydrogen) atoms. The minimum absolute atomic E-state index is 0.0158. The zero-order valence-corrected chi connectivity index (χ0v) is 9.88. The lowest BCUT2D eigenvalue weighted by Gasteiger charge is -2.14. The number of rotatable bonds is 7. The molecule has 0 spiro atoms. The second kappa shape index (κ2) is 6.08. The Kier molecular flexibility index (Phi) is 5.05. The molecule has 1 aliphatic carbocycles. The first-order valence-corrected chi connectivity index (χ1v) is 5.75. The summed E-state index contributed by atoms with van der Waals surface area (Å²) in [6.07, 6.45) is 1.90. The lowest BCUT2D eigenvalue weighted by Crippen LogP contribution is -2.37. The van der Waals surface area contributed by atoms with E-state index in [0.717, 1.165) is 19.4 Å². The van der Waals surface area contributed by atoms with Crippen LogP contribution in [0.1, 0.15) is 33.6 Å². The maximum atomic E-state index is 11.5. The number of hydrogen-bond donors (Lipinski definition) is 2. The van der Waals surface area contributed by atoms with Gasteiger partial charge in [0.05, 0.1) is 6.61 Å². The Morgan fingerprint density at radius 1 is 1.40 bits per heavy atom. The van der Waals surface area contributed by atoms with Crippen molar-refractivity contribution in [2.75, 3.05) is 13.2 Å². The summed E-state index contributed by atoms with van der Waals surface area (Å²) in [6, 6.07) is 0.876. The van der Waals surface area contributed by atoms with Crippen molar-refractivity contribution in [2.24, 2.45) is 0 Å². The largest absolute Gasteiger partial charge is 0.367 e. The molecular weight excluding hydrogens is 192 g/mol. The van der Waals surface area contributed by atoms with E-state index in [-0.39, 0.29) is 12.0 Å². The molecule has 1 aliphatic rings. The van der Waals surface area contributed by atoms with E-state index in [2.05, 4.69) is 24.5 Å². The normalized spacial score (nSPS) is 17.9. The van der Waals surface area contributed by atoms with E-state index in [1.807, 2.05) is 0 Å². The van der Waals surface area contributed by atoms with Gasteiger partial charge in [0.2, 0.25) is 5.91 Å². The van der Waals surface area contributed by atoms with Crippen LogP contribution in [0.5, 0.6) is 0 Å². The van der Waals surface area contributed by atoms with Gasteiger partial charge in [-0.15, -0.1) is 0 Å². The van der Waals surface area contributed by atoms with Crippen molar-refractivity contribution in [1.82, 2.24) is 10.6 Å². The molecule has 0 aromatic rings. The zero-order chi connectivity index (χ0) is 11.3.